The number of fused-ring (bicyclic) bond motifs is 1. The maximum absolute atomic E-state index is 11.5. The van der Waals surface area contributed by atoms with Crippen molar-refractivity contribution in [3.05, 3.63) is 57.9 Å². The molecular formula is C24H25BrN6O3. The lowest BCUT2D eigenvalue weighted by Crippen LogP contribution is -2.24. The Kier molecular flexibility index (Phi) is 5.55. The Morgan fingerprint density at radius 2 is 2.12 bits per heavy atom. The summed E-state index contributed by atoms with van der Waals surface area (Å²) < 4.78 is 10.8. The third-order valence-electron chi connectivity index (χ3n) is 6.46. The van der Waals surface area contributed by atoms with Gasteiger partial charge in [-0.05, 0) is 61.9 Å². The van der Waals surface area contributed by atoms with Crippen molar-refractivity contribution in [3.8, 4) is 17.1 Å². The highest BCUT2D eigenvalue weighted by atomic mass is 79.9. The number of aromatic carboxylic acids is 1. The molecule has 176 valence electrons. The smallest absolute Gasteiger partial charge is 0.335 e. The largest absolute Gasteiger partial charge is 0.478 e. The number of imidazole rings is 1. The minimum absolute atomic E-state index is 0.0920. The Morgan fingerprint density at radius 1 is 1.32 bits per heavy atom. The average Bonchev–Trinajstić information content (AvgIpc) is 3.36. The summed E-state index contributed by atoms with van der Waals surface area (Å²) >= 11 is 3.53. The number of aromatic amines is 1. The van der Waals surface area contributed by atoms with Crippen LogP contribution in [0.15, 0.2) is 41.0 Å². The number of carboxylic acids is 1. The van der Waals surface area contributed by atoms with Gasteiger partial charge in [0, 0.05) is 23.8 Å². The Labute approximate surface area is 204 Å². The summed E-state index contributed by atoms with van der Waals surface area (Å²) in [5, 5.41) is 22.1. The number of hydrogen-bond donors (Lipinski definition) is 3. The number of rotatable bonds is 8. The van der Waals surface area contributed by atoms with Gasteiger partial charge < -0.3 is 19.4 Å². The predicted molar refractivity (Wildman–Crippen MR) is 130 cm³/mol. The number of nitrogens with one attached hydrogen (secondary N) is 2. The molecule has 9 nitrogen and oxygen atoms in total. The van der Waals surface area contributed by atoms with Crippen LogP contribution in [0.2, 0.25) is 0 Å². The summed E-state index contributed by atoms with van der Waals surface area (Å²) in [6.07, 6.45) is 4.67. The normalized spacial score (nSPS) is 14.4. The van der Waals surface area contributed by atoms with Crippen LogP contribution in [-0.2, 0) is 13.6 Å². The number of halogens is 1. The fourth-order valence-corrected chi connectivity index (χ4v) is 4.73. The quantitative estimate of drug-likeness (QED) is 0.317. The summed E-state index contributed by atoms with van der Waals surface area (Å²) in [5.74, 6) is -0.431. The standard InChI is InChI=1S/C24H25BrN6O3/c1-14-9-15(22(32)33)10-19(28-14)17-12-27-30(2)21(17)34-8-7-24(5-6-24)13-31-20-11-16(25)3-4-18(20)29-23(31)26/h3-4,9-12H,5-8,13H2,1-2H3,(H2,26,29)(H,32,33). The van der Waals surface area contributed by atoms with Gasteiger partial charge >= 0.3 is 5.97 Å². The Bertz CT molecular complexity index is 1460. The highest BCUT2D eigenvalue weighted by Gasteiger charge is 2.43. The number of carbonyl (C=O) groups is 1. The fourth-order valence-electron chi connectivity index (χ4n) is 4.38. The molecule has 1 saturated carbocycles. The number of hydrogen-bond acceptors (Lipinski definition) is 5. The molecule has 0 saturated heterocycles. The Morgan fingerprint density at radius 3 is 2.85 bits per heavy atom. The minimum atomic E-state index is -0.996. The number of pyridine rings is 1. The van der Waals surface area contributed by atoms with Gasteiger partial charge in [-0.15, -0.1) is 0 Å². The molecule has 3 heterocycles. The summed E-state index contributed by atoms with van der Waals surface area (Å²) in [6.45, 7) is 3.01. The highest BCUT2D eigenvalue weighted by molar-refractivity contribution is 9.10. The molecule has 3 N–H and O–H groups in total. The molecule has 0 amide bonds. The first-order valence-corrected chi connectivity index (χ1v) is 11.8. The van der Waals surface area contributed by atoms with E-state index in [1.165, 1.54) is 0 Å². The lowest BCUT2D eigenvalue weighted by molar-refractivity contribution is 0.0696. The van der Waals surface area contributed by atoms with Crippen LogP contribution in [-0.4, -0.2) is 42.0 Å². The van der Waals surface area contributed by atoms with Crippen LogP contribution in [0.4, 0.5) is 0 Å². The van der Waals surface area contributed by atoms with E-state index in [1.807, 2.05) is 22.8 Å². The molecule has 34 heavy (non-hydrogen) atoms. The molecule has 0 unspecified atom stereocenters. The highest BCUT2D eigenvalue weighted by Crippen LogP contribution is 2.50. The van der Waals surface area contributed by atoms with E-state index in [0.717, 1.165) is 41.3 Å². The number of carboxylic acid groups (broad SMARTS) is 1. The molecule has 0 radical (unpaired) electrons. The van der Waals surface area contributed by atoms with E-state index in [1.54, 1.807) is 37.0 Å². The molecule has 5 rings (SSSR count). The van der Waals surface area contributed by atoms with Gasteiger partial charge in [0.25, 0.3) is 0 Å². The molecule has 3 aromatic heterocycles. The first kappa shape index (κ1) is 22.4. The number of aryl methyl sites for hydroxylation is 2. The zero-order valence-electron chi connectivity index (χ0n) is 18.9. The number of aromatic nitrogens is 5. The molecular weight excluding hydrogens is 500 g/mol. The van der Waals surface area contributed by atoms with Crippen LogP contribution in [0.5, 0.6) is 5.88 Å². The molecule has 0 aliphatic heterocycles. The van der Waals surface area contributed by atoms with Crippen LogP contribution in [0.3, 0.4) is 0 Å². The molecule has 0 spiro atoms. The second kappa shape index (κ2) is 8.43. The van der Waals surface area contributed by atoms with E-state index in [-0.39, 0.29) is 11.0 Å². The molecule has 1 aliphatic rings. The van der Waals surface area contributed by atoms with Gasteiger partial charge in [0.2, 0.25) is 5.88 Å². The second-order valence-electron chi connectivity index (χ2n) is 8.99. The van der Waals surface area contributed by atoms with E-state index in [9.17, 15) is 9.90 Å². The van der Waals surface area contributed by atoms with Crippen molar-refractivity contribution < 1.29 is 14.6 Å². The lowest BCUT2D eigenvalue weighted by atomic mass is 10.0. The molecule has 0 bridgehead atoms. The van der Waals surface area contributed by atoms with Gasteiger partial charge in [0.05, 0.1) is 40.7 Å². The van der Waals surface area contributed by atoms with E-state index >= 15 is 0 Å². The molecule has 1 fully saturated rings. The zero-order chi connectivity index (χ0) is 24.0. The van der Waals surface area contributed by atoms with Crippen LogP contribution < -0.4 is 10.4 Å². The topological polar surface area (TPSA) is 122 Å². The predicted octanol–water partition coefficient (Wildman–Crippen LogP) is 4.26. The lowest BCUT2D eigenvalue weighted by Gasteiger charge is -2.17. The number of H-pyrrole nitrogens is 1. The minimum Gasteiger partial charge on any atom is -0.478 e. The molecule has 0 atom stereocenters. The van der Waals surface area contributed by atoms with Crippen molar-refractivity contribution in [2.75, 3.05) is 6.61 Å². The fraction of sp³-hybridized carbons (Fsp3) is 0.333. The van der Waals surface area contributed by atoms with E-state index in [4.69, 9.17) is 10.1 Å². The van der Waals surface area contributed by atoms with Gasteiger partial charge in [-0.3, -0.25) is 10.4 Å². The van der Waals surface area contributed by atoms with Gasteiger partial charge in [-0.2, -0.15) is 5.10 Å². The van der Waals surface area contributed by atoms with Gasteiger partial charge in [-0.25, -0.2) is 9.48 Å². The molecule has 1 aromatic carbocycles. The number of benzene rings is 1. The van der Waals surface area contributed by atoms with Crippen LogP contribution in [0.1, 0.15) is 35.3 Å². The van der Waals surface area contributed by atoms with Crippen LogP contribution in [0, 0.1) is 17.7 Å². The van der Waals surface area contributed by atoms with Crippen LogP contribution >= 0.6 is 15.9 Å². The average molecular weight is 525 g/mol. The van der Waals surface area contributed by atoms with Crippen molar-refractivity contribution in [2.45, 2.75) is 32.7 Å². The van der Waals surface area contributed by atoms with Crippen molar-refractivity contribution >= 4 is 32.9 Å². The Hall–Kier alpha value is -3.40. The second-order valence-corrected chi connectivity index (χ2v) is 9.91. The maximum Gasteiger partial charge on any atom is 0.335 e. The van der Waals surface area contributed by atoms with Crippen molar-refractivity contribution in [1.29, 1.82) is 5.41 Å². The zero-order valence-corrected chi connectivity index (χ0v) is 20.5. The first-order valence-electron chi connectivity index (χ1n) is 11.0. The van der Waals surface area contributed by atoms with Gasteiger partial charge in [-0.1, -0.05) is 15.9 Å². The third kappa shape index (κ3) is 4.25. The van der Waals surface area contributed by atoms with Crippen molar-refractivity contribution in [3.63, 3.8) is 0 Å². The summed E-state index contributed by atoms with van der Waals surface area (Å²) in [5.41, 5.74) is 4.45. The number of nitrogens with zero attached hydrogens (tertiary/aromatic N) is 4. The first-order chi connectivity index (χ1) is 16.2. The van der Waals surface area contributed by atoms with E-state index in [2.05, 4.69) is 31.0 Å². The monoisotopic (exact) mass is 524 g/mol. The van der Waals surface area contributed by atoms with E-state index in [0.29, 0.717) is 35.1 Å². The van der Waals surface area contributed by atoms with Gasteiger partial charge in [0.15, 0.2) is 5.62 Å². The third-order valence-corrected chi connectivity index (χ3v) is 6.95. The summed E-state index contributed by atoms with van der Waals surface area (Å²) in [6, 6.07) is 9.08. The summed E-state index contributed by atoms with van der Waals surface area (Å²) in [4.78, 5) is 19.1. The number of ether oxygens (including phenoxy) is 1. The maximum atomic E-state index is 11.5. The molecule has 4 aromatic rings. The Balaban J connectivity index is 1.33. The van der Waals surface area contributed by atoms with Crippen LogP contribution in [0.25, 0.3) is 22.3 Å². The van der Waals surface area contributed by atoms with Gasteiger partial charge in [0.1, 0.15) is 0 Å². The SMILES string of the molecule is Cc1cc(C(=O)O)cc(-c2cnn(C)c2OCCC2(Cn3c(=N)[nH]c4ccc(Br)cc43)CC2)n1. The summed E-state index contributed by atoms with van der Waals surface area (Å²) in [7, 11) is 1.80. The van der Waals surface area contributed by atoms with E-state index < -0.39 is 5.97 Å². The molecule has 10 heteroatoms. The van der Waals surface area contributed by atoms with Crippen molar-refractivity contribution in [2.24, 2.45) is 12.5 Å². The van der Waals surface area contributed by atoms with Crippen molar-refractivity contribution in [1.82, 2.24) is 24.3 Å². The molecule has 1 aliphatic carbocycles.